The molecule has 1 aliphatic heterocycles. The molecule has 4 rings (SSSR count). The van der Waals surface area contributed by atoms with E-state index in [1.165, 1.54) is 6.20 Å². The van der Waals surface area contributed by atoms with Crippen molar-refractivity contribution in [2.45, 2.75) is 0 Å². The fraction of sp³-hybridized carbons (Fsp3) is 0.174. The van der Waals surface area contributed by atoms with Gasteiger partial charge < -0.3 is 20.3 Å². The smallest absolute Gasteiger partial charge is 0.257 e. The topological polar surface area (TPSA) is 90.3 Å². The van der Waals surface area contributed by atoms with Crippen molar-refractivity contribution in [3.63, 3.8) is 0 Å². The largest absolute Gasteiger partial charge is 0.378 e. The number of para-hydroxylation sites is 3. The lowest BCUT2D eigenvalue weighted by molar-refractivity contribution is 0.102. The molecular weight excluding hydrogens is 378 g/mol. The van der Waals surface area contributed by atoms with E-state index >= 15 is 0 Å². The van der Waals surface area contributed by atoms with Gasteiger partial charge in [-0.25, -0.2) is 0 Å². The maximum Gasteiger partial charge on any atom is 0.257 e. The molecule has 150 valence electrons. The summed E-state index contributed by atoms with van der Waals surface area (Å²) in [5.74, 6) is -0.250. The molecule has 1 amide bonds. The van der Waals surface area contributed by atoms with Crippen LogP contribution in [-0.4, -0.2) is 37.2 Å². The number of morpholine rings is 1. The molecule has 1 fully saturated rings. The van der Waals surface area contributed by atoms with E-state index in [4.69, 9.17) is 4.74 Å². The number of nitriles is 1. The minimum absolute atomic E-state index is 0.250. The molecule has 7 nitrogen and oxygen atoms in total. The number of carbonyl (C=O) groups is 1. The van der Waals surface area contributed by atoms with Crippen LogP contribution in [0.3, 0.4) is 0 Å². The number of pyridine rings is 1. The lowest BCUT2D eigenvalue weighted by Gasteiger charge is -2.30. The van der Waals surface area contributed by atoms with Crippen LogP contribution in [0.15, 0.2) is 67.0 Å². The van der Waals surface area contributed by atoms with Crippen molar-refractivity contribution >= 4 is 28.7 Å². The Labute approximate surface area is 174 Å². The van der Waals surface area contributed by atoms with Crippen molar-refractivity contribution in [2.24, 2.45) is 0 Å². The van der Waals surface area contributed by atoms with Crippen LogP contribution in [0.5, 0.6) is 0 Å². The third-order valence-corrected chi connectivity index (χ3v) is 4.83. The summed E-state index contributed by atoms with van der Waals surface area (Å²) in [5.41, 5.74) is 3.96. The monoisotopic (exact) mass is 399 g/mol. The van der Waals surface area contributed by atoms with E-state index in [2.05, 4.69) is 26.6 Å². The number of amides is 1. The first-order valence-corrected chi connectivity index (χ1v) is 9.69. The summed E-state index contributed by atoms with van der Waals surface area (Å²) in [6.45, 7) is 2.91. The van der Waals surface area contributed by atoms with E-state index < -0.39 is 0 Å². The minimum Gasteiger partial charge on any atom is -0.378 e. The molecule has 0 atom stereocenters. The van der Waals surface area contributed by atoms with Crippen molar-refractivity contribution in [1.29, 1.82) is 5.26 Å². The highest BCUT2D eigenvalue weighted by Crippen LogP contribution is 2.27. The first kappa shape index (κ1) is 19.4. The van der Waals surface area contributed by atoms with Gasteiger partial charge in [0.2, 0.25) is 0 Å². The zero-order valence-electron chi connectivity index (χ0n) is 16.3. The molecule has 1 aliphatic rings. The van der Waals surface area contributed by atoms with Gasteiger partial charge in [0, 0.05) is 19.3 Å². The zero-order valence-corrected chi connectivity index (χ0v) is 16.3. The molecule has 2 heterocycles. The molecule has 0 radical (unpaired) electrons. The van der Waals surface area contributed by atoms with Gasteiger partial charge in [0.25, 0.3) is 5.91 Å². The van der Waals surface area contributed by atoms with Crippen LogP contribution in [0, 0.1) is 11.3 Å². The summed E-state index contributed by atoms with van der Waals surface area (Å²) in [6, 6.07) is 18.8. The molecule has 0 aliphatic carbocycles. The lowest BCUT2D eigenvalue weighted by atomic mass is 10.1. The van der Waals surface area contributed by atoms with Gasteiger partial charge in [-0.1, -0.05) is 24.3 Å². The number of hydrogen-bond donors (Lipinski definition) is 2. The second kappa shape index (κ2) is 9.07. The summed E-state index contributed by atoms with van der Waals surface area (Å²) in [7, 11) is 0. The molecule has 7 heteroatoms. The zero-order chi connectivity index (χ0) is 20.8. The van der Waals surface area contributed by atoms with Crippen LogP contribution in [0.4, 0.5) is 22.7 Å². The van der Waals surface area contributed by atoms with E-state index in [1.54, 1.807) is 24.4 Å². The van der Waals surface area contributed by atoms with Gasteiger partial charge in [0.15, 0.2) is 0 Å². The summed E-state index contributed by atoms with van der Waals surface area (Å²) < 4.78 is 5.43. The highest BCUT2D eigenvalue weighted by atomic mass is 16.5. The Morgan fingerprint density at radius 2 is 1.77 bits per heavy atom. The van der Waals surface area contributed by atoms with Crippen molar-refractivity contribution in [3.05, 3.63) is 78.1 Å². The Hall–Kier alpha value is -3.89. The van der Waals surface area contributed by atoms with Crippen LogP contribution >= 0.6 is 0 Å². The fourth-order valence-electron chi connectivity index (χ4n) is 3.33. The Morgan fingerprint density at radius 3 is 2.57 bits per heavy atom. The number of carbonyl (C=O) groups excluding carboxylic acids is 1. The predicted molar refractivity (Wildman–Crippen MR) is 116 cm³/mol. The van der Waals surface area contributed by atoms with Crippen LogP contribution in [0.25, 0.3) is 0 Å². The number of ether oxygens (including phenoxy) is 1. The first-order chi connectivity index (χ1) is 14.7. The molecule has 3 aromatic rings. The molecule has 1 aromatic heterocycles. The lowest BCUT2D eigenvalue weighted by Crippen LogP contribution is -2.36. The van der Waals surface area contributed by atoms with Crippen molar-refractivity contribution in [1.82, 2.24) is 4.98 Å². The average Bonchev–Trinajstić information content (AvgIpc) is 2.80. The Bertz CT molecular complexity index is 1090. The SMILES string of the molecule is N#Cc1ccccc1Nc1cncc(C(=O)Nc2ccccc2N2CCOCC2)c1. The second-order valence-corrected chi connectivity index (χ2v) is 6.82. The Kier molecular flexibility index (Phi) is 5.88. The standard InChI is InChI=1S/C23H21N5O2/c24-14-17-5-1-2-6-20(17)26-19-13-18(15-25-16-19)23(29)27-21-7-3-4-8-22(21)28-9-11-30-12-10-28/h1-8,13,15-16,26H,9-12H2,(H,27,29). The van der Waals surface area contributed by atoms with Gasteiger partial charge in [-0.05, 0) is 30.3 Å². The van der Waals surface area contributed by atoms with Gasteiger partial charge in [-0.3, -0.25) is 9.78 Å². The molecule has 0 spiro atoms. The number of anilines is 4. The third kappa shape index (κ3) is 4.40. The molecule has 2 N–H and O–H groups in total. The maximum atomic E-state index is 12.9. The molecule has 1 saturated heterocycles. The summed E-state index contributed by atoms with van der Waals surface area (Å²) in [4.78, 5) is 19.3. The Morgan fingerprint density at radius 1 is 1.03 bits per heavy atom. The van der Waals surface area contributed by atoms with E-state index in [9.17, 15) is 10.1 Å². The van der Waals surface area contributed by atoms with E-state index in [-0.39, 0.29) is 5.91 Å². The minimum atomic E-state index is -0.250. The number of rotatable bonds is 5. The normalized spacial score (nSPS) is 13.4. The van der Waals surface area contributed by atoms with Crippen LogP contribution in [0.2, 0.25) is 0 Å². The number of aromatic nitrogens is 1. The fourth-order valence-corrected chi connectivity index (χ4v) is 3.33. The molecule has 0 unspecified atom stereocenters. The van der Waals surface area contributed by atoms with Crippen LogP contribution in [0.1, 0.15) is 15.9 Å². The van der Waals surface area contributed by atoms with Crippen molar-refractivity contribution in [3.8, 4) is 6.07 Å². The molecule has 0 bridgehead atoms. The van der Waals surface area contributed by atoms with Gasteiger partial charge >= 0.3 is 0 Å². The van der Waals surface area contributed by atoms with Gasteiger partial charge in [-0.2, -0.15) is 5.26 Å². The summed E-state index contributed by atoms with van der Waals surface area (Å²) in [5, 5.41) is 15.4. The first-order valence-electron chi connectivity index (χ1n) is 9.69. The number of nitrogens with one attached hydrogen (secondary N) is 2. The van der Waals surface area contributed by atoms with Gasteiger partial charge in [0.1, 0.15) is 6.07 Å². The third-order valence-electron chi connectivity index (χ3n) is 4.83. The van der Waals surface area contributed by atoms with Gasteiger partial charge in [-0.15, -0.1) is 0 Å². The number of hydrogen-bond acceptors (Lipinski definition) is 6. The van der Waals surface area contributed by atoms with E-state index in [0.717, 1.165) is 24.5 Å². The highest BCUT2D eigenvalue weighted by molar-refractivity contribution is 6.06. The average molecular weight is 399 g/mol. The molecular formula is C23H21N5O2. The number of nitrogens with zero attached hydrogens (tertiary/aromatic N) is 3. The van der Waals surface area contributed by atoms with E-state index in [1.807, 2.05) is 36.4 Å². The predicted octanol–water partition coefficient (Wildman–Crippen LogP) is 3.79. The van der Waals surface area contributed by atoms with Gasteiger partial charge in [0.05, 0.1) is 53.3 Å². The van der Waals surface area contributed by atoms with Crippen LogP contribution in [-0.2, 0) is 4.74 Å². The molecule has 2 aromatic carbocycles. The van der Waals surface area contributed by atoms with E-state index in [0.29, 0.717) is 35.7 Å². The second-order valence-electron chi connectivity index (χ2n) is 6.82. The van der Waals surface area contributed by atoms with Crippen molar-refractivity contribution < 1.29 is 9.53 Å². The van der Waals surface area contributed by atoms with Crippen molar-refractivity contribution in [2.75, 3.05) is 41.8 Å². The summed E-state index contributed by atoms with van der Waals surface area (Å²) in [6.07, 6.45) is 3.14. The maximum absolute atomic E-state index is 12.9. The highest BCUT2D eigenvalue weighted by Gasteiger charge is 2.16. The quantitative estimate of drug-likeness (QED) is 0.678. The van der Waals surface area contributed by atoms with Crippen LogP contribution < -0.4 is 15.5 Å². The molecule has 30 heavy (non-hydrogen) atoms. The summed E-state index contributed by atoms with van der Waals surface area (Å²) >= 11 is 0. The number of benzene rings is 2. The Balaban J connectivity index is 1.52. The molecule has 0 saturated carbocycles.